The molecular formula is C14H21BrClNO3S. The maximum Gasteiger partial charge on any atom is 0.247 e. The van der Waals surface area contributed by atoms with Gasteiger partial charge in [-0.2, -0.15) is 4.31 Å². The highest BCUT2D eigenvalue weighted by molar-refractivity contribution is 9.10. The van der Waals surface area contributed by atoms with Crippen LogP contribution in [0.4, 0.5) is 0 Å². The van der Waals surface area contributed by atoms with Gasteiger partial charge in [0.2, 0.25) is 10.0 Å². The highest BCUT2D eigenvalue weighted by Gasteiger charge is 2.35. The summed E-state index contributed by atoms with van der Waals surface area (Å²) in [4.78, 5) is 0.158. The Morgan fingerprint density at radius 3 is 2.48 bits per heavy atom. The van der Waals surface area contributed by atoms with E-state index in [0.717, 1.165) is 25.7 Å². The molecule has 0 aromatic carbocycles. The van der Waals surface area contributed by atoms with E-state index in [9.17, 15) is 8.42 Å². The summed E-state index contributed by atoms with van der Waals surface area (Å²) in [5, 5.41) is 0. The van der Waals surface area contributed by atoms with Crippen LogP contribution in [0, 0.1) is 5.41 Å². The zero-order chi connectivity index (χ0) is 15.8. The first-order chi connectivity index (χ1) is 9.67. The van der Waals surface area contributed by atoms with E-state index in [4.69, 9.17) is 16.0 Å². The number of halogens is 2. The molecule has 1 aromatic rings. The largest absolute Gasteiger partial charge is 0.452 e. The van der Waals surface area contributed by atoms with E-state index in [2.05, 4.69) is 29.8 Å². The summed E-state index contributed by atoms with van der Waals surface area (Å²) >= 11 is 8.87. The van der Waals surface area contributed by atoms with Gasteiger partial charge in [0.25, 0.3) is 0 Å². The quantitative estimate of drug-likeness (QED) is 0.708. The maximum absolute atomic E-state index is 12.7. The molecule has 0 N–H and O–H groups in total. The van der Waals surface area contributed by atoms with Crippen LogP contribution in [0.15, 0.2) is 20.0 Å². The molecule has 120 valence electrons. The molecule has 4 nitrogen and oxygen atoms in total. The van der Waals surface area contributed by atoms with Crippen LogP contribution in [-0.2, 0) is 15.9 Å². The highest BCUT2D eigenvalue weighted by Crippen LogP contribution is 2.38. The van der Waals surface area contributed by atoms with Gasteiger partial charge in [0, 0.05) is 19.2 Å². The number of sulfonamides is 1. The lowest BCUT2D eigenvalue weighted by Crippen LogP contribution is -2.40. The van der Waals surface area contributed by atoms with Crippen LogP contribution >= 0.6 is 27.5 Å². The fourth-order valence-electron chi connectivity index (χ4n) is 2.74. The third-order valence-electron chi connectivity index (χ3n) is 4.32. The van der Waals surface area contributed by atoms with Gasteiger partial charge in [0.1, 0.15) is 10.7 Å². The Bertz CT molecular complexity index is 602. The van der Waals surface area contributed by atoms with Crippen LogP contribution in [-0.4, -0.2) is 25.8 Å². The van der Waals surface area contributed by atoms with Crippen molar-refractivity contribution in [2.24, 2.45) is 5.41 Å². The van der Waals surface area contributed by atoms with E-state index >= 15 is 0 Å². The molecule has 21 heavy (non-hydrogen) atoms. The van der Waals surface area contributed by atoms with Crippen LogP contribution in [0.25, 0.3) is 0 Å². The van der Waals surface area contributed by atoms with Crippen LogP contribution in [0.1, 0.15) is 45.3 Å². The number of furan rings is 1. The third-order valence-corrected chi connectivity index (χ3v) is 7.35. The molecule has 0 bridgehead atoms. The molecule has 0 radical (unpaired) electrons. The van der Waals surface area contributed by atoms with Crippen molar-refractivity contribution in [1.29, 1.82) is 0 Å². The summed E-state index contributed by atoms with van der Waals surface area (Å²) in [6, 6.07) is 1.54. The fourth-order valence-corrected chi connectivity index (χ4v) is 5.24. The summed E-state index contributed by atoms with van der Waals surface area (Å²) in [7, 11) is -1.91. The molecule has 2 rings (SSSR count). The molecule has 1 aromatic heterocycles. The van der Waals surface area contributed by atoms with Crippen molar-refractivity contribution in [3.8, 4) is 0 Å². The van der Waals surface area contributed by atoms with E-state index in [1.165, 1.54) is 10.4 Å². The van der Waals surface area contributed by atoms with Crippen LogP contribution < -0.4 is 0 Å². The summed E-state index contributed by atoms with van der Waals surface area (Å²) in [6.45, 7) is 4.47. The number of hydrogen-bond acceptors (Lipinski definition) is 3. The second-order valence-corrected chi connectivity index (χ2v) is 9.35. The average Bonchev–Trinajstić information content (AvgIpc) is 2.80. The lowest BCUT2D eigenvalue weighted by atomic mass is 9.76. The zero-order valence-electron chi connectivity index (χ0n) is 12.5. The number of rotatable bonds is 4. The normalized spacial score (nSPS) is 20.1. The SMILES string of the molecule is CN(C1CCC(C)(C)CC1)S(=O)(=O)c1cc(CCl)oc1Br. The van der Waals surface area contributed by atoms with Gasteiger partial charge in [0.05, 0.1) is 5.88 Å². The smallest absolute Gasteiger partial charge is 0.247 e. The fraction of sp³-hybridized carbons (Fsp3) is 0.714. The molecule has 1 aliphatic carbocycles. The van der Waals surface area contributed by atoms with Crippen LogP contribution in [0.3, 0.4) is 0 Å². The average molecular weight is 399 g/mol. The lowest BCUT2D eigenvalue weighted by Gasteiger charge is -2.37. The van der Waals surface area contributed by atoms with Crippen molar-refractivity contribution in [3.05, 3.63) is 16.5 Å². The standard InChI is InChI=1S/C14H21BrClNO3S/c1-14(2)6-4-10(5-7-14)17(3)21(18,19)12-8-11(9-16)20-13(12)15/h8,10H,4-7,9H2,1-3H3. The van der Waals surface area contributed by atoms with Crippen LogP contribution in [0.2, 0.25) is 0 Å². The zero-order valence-corrected chi connectivity index (χ0v) is 15.7. The number of hydrogen-bond donors (Lipinski definition) is 0. The van der Waals surface area contributed by atoms with Gasteiger partial charge in [-0.3, -0.25) is 0 Å². The molecule has 0 aliphatic heterocycles. The summed E-state index contributed by atoms with van der Waals surface area (Å²) < 4.78 is 32.5. The predicted molar refractivity (Wildman–Crippen MR) is 87.0 cm³/mol. The Kier molecular flexibility index (Phi) is 5.13. The van der Waals surface area contributed by atoms with Gasteiger partial charge in [-0.1, -0.05) is 13.8 Å². The molecule has 0 atom stereocenters. The van der Waals surface area contributed by atoms with E-state index in [-0.39, 0.29) is 21.5 Å². The van der Waals surface area contributed by atoms with E-state index < -0.39 is 10.0 Å². The highest BCUT2D eigenvalue weighted by atomic mass is 79.9. The summed E-state index contributed by atoms with van der Waals surface area (Å²) in [6.07, 6.45) is 3.86. The van der Waals surface area contributed by atoms with Gasteiger partial charge in [-0.05, 0) is 47.0 Å². The maximum atomic E-state index is 12.7. The van der Waals surface area contributed by atoms with E-state index in [0.29, 0.717) is 11.2 Å². The van der Waals surface area contributed by atoms with Gasteiger partial charge in [-0.25, -0.2) is 8.42 Å². The van der Waals surface area contributed by atoms with Crippen molar-refractivity contribution in [3.63, 3.8) is 0 Å². The van der Waals surface area contributed by atoms with Gasteiger partial charge in [0.15, 0.2) is 4.67 Å². The van der Waals surface area contributed by atoms with Crippen molar-refractivity contribution >= 4 is 37.6 Å². The first kappa shape index (κ1) is 17.3. The monoisotopic (exact) mass is 397 g/mol. The molecule has 1 fully saturated rings. The van der Waals surface area contributed by atoms with Gasteiger partial charge < -0.3 is 4.42 Å². The lowest BCUT2D eigenvalue weighted by molar-refractivity contribution is 0.174. The van der Waals surface area contributed by atoms with E-state index in [1.54, 1.807) is 7.05 Å². The molecule has 0 unspecified atom stereocenters. The molecule has 1 heterocycles. The molecule has 0 saturated heterocycles. The minimum absolute atomic E-state index is 0.0456. The molecule has 0 spiro atoms. The Morgan fingerprint density at radius 2 is 2.00 bits per heavy atom. The molecule has 0 amide bonds. The first-order valence-corrected chi connectivity index (χ1v) is 9.76. The van der Waals surface area contributed by atoms with Crippen molar-refractivity contribution < 1.29 is 12.8 Å². The number of nitrogens with zero attached hydrogens (tertiary/aromatic N) is 1. The Morgan fingerprint density at radius 1 is 1.43 bits per heavy atom. The minimum Gasteiger partial charge on any atom is -0.452 e. The van der Waals surface area contributed by atoms with E-state index in [1.807, 2.05) is 0 Å². The summed E-state index contributed by atoms with van der Waals surface area (Å²) in [5.41, 5.74) is 0.309. The Hall–Kier alpha value is -0.0400. The molecule has 1 saturated carbocycles. The molecule has 7 heteroatoms. The minimum atomic E-state index is -3.56. The molecule has 1 aliphatic rings. The third kappa shape index (κ3) is 3.66. The molecular weight excluding hydrogens is 378 g/mol. The Balaban J connectivity index is 2.21. The first-order valence-electron chi connectivity index (χ1n) is 6.99. The van der Waals surface area contributed by atoms with Crippen LogP contribution in [0.5, 0.6) is 0 Å². The van der Waals surface area contributed by atoms with Crippen molar-refractivity contribution in [2.45, 2.75) is 56.3 Å². The van der Waals surface area contributed by atoms with Crippen molar-refractivity contribution in [1.82, 2.24) is 4.31 Å². The second-order valence-electron chi connectivity index (χ2n) is 6.40. The van der Waals surface area contributed by atoms with Gasteiger partial charge in [-0.15, -0.1) is 11.6 Å². The number of alkyl halides is 1. The second kappa shape index (κ2) is 6.22. The topological polar surface area (TPSA) is 50.5 Å². The van der Waals surface area contributed by atoms with Gasteiger partial charge >= 0.3 is 0 Å². The van der Waals surface area contributed by atoms with Crippen molar-refractivity contribution in [2.75, 3.05) is 7.05 Å². The summed E-state index contributed by atoms with van der Waals surface area (Å²) in [5.74, 6) is 0.593. The Labute approximate surface area is 140 Å². The predicted octanol–water partition coefficient (Wildman–Crippen LogP) is 4.37.